The summed E-state index contributed by atoms with van der Waals surface area (Å²) >= 11 is 6.89. The van der Waals surface area contributed by atoms with Crippen LogP contribution in [0.2, 0.25) is 4.34 Å². The van der Waals surface area contributed by atoms with Crippen molar-refractivity contribution in [1.82, 2.24) is 15.1 Å². The molecule has 0 aliphatic carbocycles. The fraction of sp³-hybridized carbons (Fsp3) is 0.423. The highest BCUT2D eigenvalue weighted by atomic mass is 35.5. The molecule has 2 aromatic rings. The van der Waals surface area contributed by atoms with Gasteiger partial charge in [-0.3, -0.25) is 29.0 Å². The second-order valence-corrected chi connectivity index (χ2v) is 11.1. The Morgan fingerprint density at radius 3 is 2.61 bits per heavy atom. The number of hydrogen-bond acceptors (Lipinski definition) is 10. The predicted molar refractivity (Wildman–Crippen MR) is 149 cm³/mol. The van der Waals surface area contributed by atoms with Crippen LogP contribution in [0.15, 0.2) is 30.3 Å². The topological polar surface area (TPSA) is 129 Å². The first-order valence-corrected chi connectivity index (χ1v) is 13.9. The molecule has 5 amide bonds. The van der Waals surface area contributed by atoms with Crippen molar-refractivity contribution in [2.75, 3.05) is 69.8 Å². The molecule has 1 aromatic heterocycles. The average molecular weight is 610 g/mol. The molecule has 0 bridgehead atoms. The molecule has 2 aliphatic heterocycles. The molecule has 0 spiro atoms. The summed E-state index contributed by atoms with van der Waals surface area (Å²) in [6, 6.07) is 7.08. The third-order valence-electron chi connectivity index (χ3n) is 6.39. The van der Waals surface area contributed by atoms with Crippen molar-refractivity contribution in [3.8, 4) is 0 Å². The Bertz CT molecular complexity index is 1340. The SMILES string of the molecule is CNCCC(=O)N(C(=O)CN(C)C[C@H]1CN(c2ccc(N3CCOCC3=O)cc2F)C(=O)O1)C(=O)c1ccc(Cl)s1. The van der Waals surface area contributed by atoms with Crippen LogP contribution in [-0.2, 0) is 23.9 Å². The predicted octanol–water partition coefficient (Wildman–Crippen LogP) is 1.97. The number of imide groups is 3. The summed E-state index contributed by atoms with van der Waals surface area (Å²) in [5.74, 6) is -3.17. The van der Waals surface area contributed by atoms with E-state index in [1.165, 1.54) is 34.1 Å². The van der Waals surface area contributed by atoms with Gasteiger partial charge in [-0.15, -0.1) is 11.3 Å². The normalized spacial score (nSPS) is 17.2. The number of rotatable bonds is 10. The number of ether oxygens (including phenoxy) is 2. The summed E-state index contributed by atoms with van der Waals surface area (Å²) in [5.41, 5.74) is 0.345. The molecule has 2 saturated heterocycles. The van der Waals surface area contributed by atoms with Crippen molar-refractivity contribution in [3.05, 3.63) is 45.4 Å². The van der Waals surface area contributed by atoms with Crippen LogP contribution in [0.25, 0.3) is 0 Å². The van der Waals surface area contributed by atoms with Crippen LogP contribution in [0.3, 0.4) is 0 Å². The van der Waals surface area contributed by atoms with Gasteiger partial charge in [-0.2, -0.15) is 0 Å². The molecule has 3 heterocycles. The minimum absolute atomic E-state index is 0.00154. The number of nitrogens with zero attached hydrogens (tertiary/aromatic N) is 4. The lowest BCUT2D eigenvalue weighted by atomic mass is 10.2. The number of hydrogen-bond donors (Lipinski definition) is 1. The van der Waals surface area contributed by atoms with E-state index in [1.54, 1.807) is 20.2 Å². The third kappa shape index (κ3) is 7.26. The summed E-state index contributed by atoms with van der Waals surface area (Å²) in [6.07, 6.45) is -1.56. The van der Waals surface area contributed by atoms with Gasteiger partial charge in [0.05, 0.1) is 34.6 Å². The summed E-state index contributed by atoms with van der Waals surface area (Å²) in [7, 11) is 3.22. The summed E-state index contributed by atoms with van der Waals surface area (Å²) < 4.78 is 25.9. The van der Waals surface area contributed by atoms with Gasteiger partial charge < -0.3 is 19.7 Å². The van der Waals surface area contributed by atoms with Crippen molar-refractivity contribution < 1.29 is 37.8 Å². The Balaban J connectivity index is 1.39. The van der Waals surface area contributed by atoms with E-state index in [4.69, 9.17) is 21.1 Å². The number of thiophene rings is 1. The molecule has 2 fully saturated rings. The van der Waals surface area contributed by atoms with Crippen LogP contribution in [0.1, 0.15) is 16.1 Å². The maximum Gasteiger partial charge on any atom is 0.414 e. The molecule has 0 saturated carbocycles. The van der Waals surface area contributed by atoms with E-state index in [2.05, 4.69) is 5.32 Å². The number of carbonyl (C=O) groups excluding carboxylic acids is 5. The molecule has 0 radical (unpaired) electrons. The first-order valence-electron chi connectivity index (χ1n) is 12.7. The average Bonchev–Trinajstić information content (AvgIpc) is 3.52. The number of benzene rings is 1. The summed E-state index contributed by atoms with van der Waals surface area (Å²) in [6.45, 7) is 0.574. The van der Waals surface area contributed by atoms with Crippen LogP contribution >= 0.6 is 22.9 Å². The highest BCUT2D eigenvalue weighted by Crippen LogP contribution is 2.29. The zero-order valence-electron chi connectivity index (χ0n) is 22.4. The minimum Gasteiger partial charge on any atom is -0.443 e. The Kier molecular flexibility index (Phi) is 10.0. The molecule has 220 valence electrons. The minimum atomic E-state index is -0.766. The molecule has 0 unspecified atom stereocenters. The monoisotopic (exact) mass is 609 g/mol. The van der Waals surface area contributed by atoms with Gasteiger partial charge in [0, 0.05) is 31.7 Å². The first kappa shape index (κ1) is 30.5. The van der Waals surface area contributed by atoms with Crippen LogP contribution in [-0.4, -0.2) is 106 Å². The number of halogens is 2. The van der Waals surface area contributed by atoms with E-state index in [-0.39, 0.29) is 55.7 Å². The van der Waals surface area contributed by atoms with Gasteiger partial charge in [-0.05, 0) is 44.4 Å². The van der Waals surface area contributed by atoms with E-state index >= 15 is 4.39 Å². The van der Waals surface area contributed by atoms with Crippen molar-refractivity contribution in [2.24, 2.45) is 0 Å². The second-order valence-electron chi connectivity index (χ2n) is 9.43. The summed E-state index contributed by atoms with van der Waals surface area (Å²) in [5, 5.41) is 2.81. The number of cyclic esters (lactones) is 1. The Labute approximate surface area is 244 Å². The highest BCUT2D eigenvalue weighted by molar-refractivity contribution is 7.18. The lowest BCUT2D eigenvalue weighted by Gasteiger charge is -2.27. The Morgan fingerprint density at radius 1 is 1.17 bits per heavy atom. The van der Waals surface area contributed by atoms with Crippen molar-refractivity contribution in [2.45, 2.75) is 12.5 Å². The van der Waals surface area contributed by atoms with E-state index in [9.17, 15) is 24.0 Å². The second kappa shape index (κ2) is 13.5. The van der Waals surface area contributed by atoms with Gasteiger partial charge in [-0.25, -0.2) is 14.1 Å². The lowest BCUT2D eigenvalue weighted by Crippen LogP contribution is -2.47. The fourth-order valence-electron chi connectivity index (χ4n) is 4.45. The van der Waals surface area contributed by atoms with Crippen LogP contribution in [0, 0.1) is 5.82 Å². The lowest BCUT2D eigenvalue weighted by molar-refractivity contribution is -0.141. The molecule has 41 heavy (non-hydrogen) atoms. The maximum atomic E-state index is 15.0. The van der Waals surface area contributed by atoms with Gasteiger partial charge in [0.25, 0.3) is 11.8 Å². The molecular weight excluding hydrogens is 581 g/mol. The molecular formula is C26H29ClFN5O7S. The van der Waals surface area contributed by atoms with Gasteiger partial charge in [0.2, 0.25) is 11.8 Å². The van der Waals surface area contributed by atoms with E-state index in [0.717, 1.165) is 16.2 Å². The number of amides is 5. The molecule has 12 nitrogen and oxygen atoms in total. The third-order valence-corrected chi connectivity index (χ3v) is 7.61. The van der Waals surface area contributed by atoms with Gasteiger partial charge in [-0.1, -0.05) is 11.6 Å². The van der Waals surface area contributed by atoms with E-state index in [0.29, 0.717) is 28.1 Å². The van der Waals surface area contributed by atoms with Crippen molar-refractivity contribution in [3.63, 3.8) is 0 Å². The quantitative estimate of drug-likeness (QED) is 0.430. The molecule has 1 N–H and O–H groups in total. The van der Waals surface area contributed by atoms with Gasteiger partial charge in [0.15, 0.2) is 0 Å². The number of likely N-dealkylation sites (N-methyl/N-ethyl adjacent to an activating group) is 1. The fourth-order valence-corrected chi connectivity index (χ4v) is 5.42. The van der Waals surface area contributed by atoms with E-state index in [1.807, 2.05) is 0 Å². The zero-order valence-corrected chi connectivity index (χ0v) is 24.0. The smallest absolute Gasteiger partial charge is 0.414 e. The highest BCUT2D eigenvalue weighted by Gasteiger charge is 2.36. The maximum absolute atomic E-state index is 15.0. The van der Waals surface area contributed by atoms with E-state index < -0.39 is 35.7 Å². The number of nitrogens with one attached hydrogen (secondary N) is 1. The molecule has 1 aromatic carbocycles. The van der Waals surface area contributed by atoms with Crippen molar-refractivity contribution in [1.29, 1.82) is 0 Å². The van der Waals surface area contributed by atoms with Crippen LogP contribution in [0.4, 0.5) is 20.6 Å². The van der Waals surface area contributed by atoms with Crippen LogP contribution < -0.4 is 15.1 Å². The van der Waals surface area contributed by atoms with Crippen LogP contribution in [0.5, 0.6) is 0 Å². The van der Waals surface area contributed by atoms with Gasteiger partial charge in [0.1, 0.15) is 18.5 Å². The first-order chi connectivity index (χ1) is 19.6. The molecule has 1 atom stereocenters. The number of carbonyl (C=O) groups is 5. The van der Waals surface area contributed by atoms with Gasteiger partial charge >= 0.3 is 6.09 Å². The number of anilines is 2. The van der Waals surface area contributed by atoms with Crippen molar-refractivity contribution >= 4 is 64.0 Å². The number of morpholine rings is 1. The molecule has 4 rings (SSSR count). The standard InChI is InChI=1S/C26H29ClFN5O7S/c1-29-8-7-22(34)33(25(37)20-5-6-21(27)41-20)23(35)14-30(2)12-17-13-32(26(38)40-17)19-4-3-16(11-18(19)28)31-9-10-39-15-24(31)36/h3-6,11,17,29H,7-10,12-15H2,1-2H3/t17-/m0/s1. The Hall–Kier alpha value is -3.43. The molecule has 15 heteroatoms. The zero-order chi connectivity index (χ0) is 29.7. The molecule has 2 aliphatic rings. The Morgan fingerprint density at radius 2 is 1.95 bits per heavy atom. The summed E-state index contributed by atoms with van der Waals surface area (Å²) in [4.78, 5) is 68.4. The largest absolute Gasteiger partial charge is 0.443 e.